The third-order valence-electron chi connectivity index (χ3n) is 4.97. The lowest BCUT2D eigenvalue weighted by atomic mass is 10.1. The van der Waals surface area contributed by atoms with Gasteiger partial charge in [0.05, 0.1) is 24.7 Å². The van der Waals surface area contributed by atoms with E-state index in [9.17, 15) is 18.0 Å². The van der Waals surface area contributed by atoms with Gasteiger partial charge in [0.25, 0.3) is 5.91 Å². The Morgan fingerprint density at radius 3 is 2.65 bits per heavy atom. The van der Waals surface area contributed by atoms with Crippen molar-refractivity contribution < 1.29 is 32.2 Å². The first-order chi connectivity index (χ1) is 14.8. The number of fused-ring (bicyclic) bond motifs is 1. The molecule has 162 valence electrons. The SMILES string of the molecule is COc1ccc(N2CC(COc3ccnc4cc(C(F)(F)F)ccc34)OCC2=O)cc1. The number of morpholine rings is 1. The molecule has 0 aliphatic carbocycles. The highest BCUT2D eigenvalue weighted by atomic mass is 19.4. The fourth-order valence-corrected chi connectivity index (χ4v) is 3.34. The maximum absolute atomic E-state index is 12.9. The Hall–Kier alpha value is -3.33. The van der Waals surface area contributed by atoms with Crippen molar-refractivity contribution in [1.29, 1.82) is 0 Å². The van der Waals surface area contributed by atoms with Gasteiger partial charge in [0.2, 0.25) is 0 Å². The quantitative estimate of drug-likeness (QED) is 0.608. The van der Waals surface area contributed by atoms with Gasteiger partial charge in [-0.25, -0.2) is 0 Å². The Balaban J connectivity index is 1.47. The van der Waals surface area contributed by atoms with E-state index in [1.807, 2.05) is 0 Å². The number of carbonyl (C=O) groups is 1. The molecule has 2 heterocycles. The predicted octanol–water partition coefficient (Wildman–Crippen LogP) is 4.07. The average molecular weight is 432 g/mol. The van der Waals surface area contributed by atoms with E-state index in [-0.39, 0.29) is 31.2 Å². The van der Waals surface area contributed by atoms with E-state index in [1.54, 1.807) is 42.3 Å². The van der Waals surface area contributed by atoms with Crippen molar-refractivity contribution in [3.63, 3.8) is 0 Å². The normalized spacial score (nSPS) is 17.1. The molecule has 1 aliphatic heterocycles. The van der Waals surface area contributed by atoms with Gasteiger partial charge < -0.3 is 19.1 Å². The molecule has 1 aliphatic rings. The molecule has 0 bridgehead atoms. The second-order valence-electron chi connectivity index (χ2n) is 6.99. The van der Waals surface area contributed by atoms with Gasteiger partial charge in [-0.3, -0.25) is 9.78 Å². The fraction of sp³-hybridized carbons (Fsp3) is 0.273. The number of pyridine rings is 1. The van der Waals surface area contributed by atoms with Crippen LogP contribution in [0.3, 0.4) is 0 Å². The maximum atomic E-state index is 12.9. The van der Waals surface area contributed by atoms with E-state index < -0.39 is 17.8 Å². The van der Waals surface area contributed by atoms with E-state index in [0.717, 1.165) is 12.1 Å². The van der Waals surface area contributed by atoms with Gasteiger partial charge in [-0.2, -0.15) is 13.2 Å². The number of aromatic nitrogens is 1. The molecule has 1 fully saturated rings. The molecule has 1 saturated heterocycles. The topological polar surface area (TPSA) is 60.9 Å². The van der Waals surface area contributed by atoms with E-state index in [1.165, 1.54) is 12.3 Å². The summed E-state index contributed by atoms with van der Waals surface area (Å²) >= 11 is 0. The van der Waals surface area contributed by atoms with E-state index in [2.05, 4.69) is 4.98 Å². The zero-order valence-corrected chi connectivity index (χ0v) is 16.6. The lowest BCUT2D eigenvalue weighted by Crippen LogP contribution is -2.48. The number of carbonyl (C=O) groups excluding carboxylic acids is 1. The van der Waals surface area contributed by atoms with Crippen LogP contribution in [0.15, 0.2) is 54.7 Å². The predicted molar refractivity (Wildman–Crippen MR) is 107 cm³/mol. The third-order valence-corrected chi connectivity index (χ3v) is 4.97. The number of hydrogen-bond donors (Lipinski definition) is 0. The van der Waals surface area contributed by atoms with E-state index in [4.69, 9.17) is 14.2 Å². The standard InChI is InChI=1S/C22H19F3N2O4/c1-29-16-5-3-15(4-6-16)27-11-17(30-13-21(27)28)12-31-20-8-9-26-19-10-14(22(23,24)25)2-7-18(19)20/h2-10,17H,11-13H2,1H3. The van der Waals surface area contributed by atoms with Crippen LogP contribution in [-0.4, -0.2) is 43.9 Å². The molecular weight excluding hydrogens is 413 g/mol. The van der Waals surface area contributed by atoms with Crippen molar-refractivity contribution in [2.45, 2.75) is 12.3 Å². The summed E-state index contributed by atoms with van der Waals surface area (Å²) in [5.74, 6) is 0.910. The Kier molecular flexibility index (Phi) is 5.69. The number of alkyl halides is 3. The first-order valence-corrected chi connectivity index (χ1v) is 9.50. The fourth-order valence-electron chi connectivity index (χ4n) is 3.34. The van der Waals surface area contributed by atoms with Crippen molar-refractivity contribution in [3.05, 3.63) is 60.3 Å². The minimum Gasteiger partial charge on any atom is -0.497 e. The molecule has 31 heavy (non-hydrogen) atoms. The van der Waals surface area contributed by atoms with Gasteiger partial charge in [0, 0.05) is 17.3 Å². The van der Waals surface area contributed by atoms with Crippen molar-refractivity contribution >= 4 is 22.5 Å². The Labute approximate surface area is 176 Å². The molecule has 0 spiro atoms. The number of nitrogens with zero attached hydrogens (tertiary/aromatic N) is 2. The van der Waals surface area contributed by atoms with Crippen LogP contribution in [0.1, 0.15) is 5.56 Å². The summed E-state index contributed by atoms with van der Waals surface area (Å²) in [7, 11) is 1.56. The molecule has 6 nitrogen and oxygen atoms in total. The molecule has 2 aromatic carbocycles. The number of rotatable bonds is 5. The second-order valence-corrected chi connectivity index (χ2v) is 6.99. The largest absolute Gasteiger partial charge is 0.497 e. The van der Waals surface area contributed by atoms with Crippen LogP contribution in [0.25, 0.3) is 10.9 Å². The first-order valence-electron chi connectivity index (χ1n) is 9.50. The molecule has 4 rings (SSSR count). The number of anilines is 1. The van der Waals surface area contributed by atoms with E-state index >= 15 is 0 Å². The maximum Gasteiger partial charge on any atom is 0.416 e. The van der Waals surface area contributed by atoms with Crippen LogP contribution in [0.2, 0.25) is 0 Å². The lowest BCUT2D eigenvalue weighted by molar-refractivity contribution is -0.137. The summed E-state index contributed by atoms with van der Waals surface area (Å²) in [6.07, 6.45) is -3.45. The summed E-state index contributed by atoms with van der Waals surface area (Å²) in [4.78, 5) is 17.9. The summed E-state index contributed by atoms with van der Waals surface area (Å²) in [5, 5.41) is 0.467. The molecule has 0 N–H and O–H groups in total. The number of benzene rings is 2. The molecular formula is C22H19F3N2O4. The molecule has 1 amide bonds. The molecule has 1 unspecified atom stereocenters. The second kappa shape index (κ2) is 8.43. The lowest BCUT2D eigenvalue weighted by Gasteiger charge is -2.32. The van der Waals surface area contributed by atoms with Gasteiger partial charge in [0.15, 0.2) is 0 Å². The number of hydrogen-bond acceptors (Lipinski definition) is 5. The van der Waals surface area contributed by atoms with Crippen molar-refractivity contribution in [1.82, 2.24) is 4.98 Å². The Bertz CT molecular complexity index is 1090. The number of ether oxygens (including phenoxy) is 3. The molecule has 0 saturated carbocycles. The highest BCUT2D eigenvalue weighted by molar-refractivity contribution is 5.95. The van der Waals surface area contributed by atoms with Crippen LogP contribution in [-0.2, 0) is 15.7 Å². The monoisotopic (exact) mass is 432 g/mol. The van der Waals surface area contributed by atoms with Crippen molar-refractivity contribution in [3.8, 4) is 11.5 Å². The molecule has 1 aromatic heterocycles. The molecule has 1 atom stereocenters. The molecule has 3 aromatic rings. The van der Waals surface area contributed by atoms with Gasteiger partial charge in [-0.05, 0) is 48.5 Å². The number of methoxy groups -OCH3 is 1. The van der Waals surface area contributed by atoms with Crippen LogP contribution in [0, 0.1) is 0 Å². The van der Waals surface area contributed by atoms with Gasteiger partial charge in [-0.1, -0.05) is 0 Å². The highest BCUT2D eigenvalue weighted by Gasteiger charge is 2.31. The van der Waals surface area contributed by atoms with Gasteiger partial charge in [0.1, 0.15) is 30.8 Å². The van der Waals surface area contributed by atoms with Crippen LogP contribution in [0.5, 0.6) is 11.5 Å². The van der Waals surface area contributed by atoms with E-state index in [0.29, 0.717) is 22.6 Å². The Morgan fingerprint density at radius 1 is 1.16 bits per heavy atom. The molecule has 0 radical (unpaired) electrons. The number of halogens is 3. The summed E-state index contributed by atoms with van der Waals surface area (Å²) in [5.41, 5.74) is 0.133. The van der Waals surface area contributed by atoms with Gasteiger partial charge in [-0.15, -0.1) is 0 Å². The van der Waals surface area contributed by atoms with Crippen LogP contribution in [0.4, 0.5) is 18.9 Å². The van der Waals surface area contributed by atoms with Crippen molar-refractivity contribution in [2.24, 2.45) is 0 Å². The van der Waals surface area contributed by atoms with Crippen LogP contribution < -0.4 is 14.4 Å². The third kappa shape index (κ3) is 4.56. The molecule has 9 heteroatoms. The van der Waals surface area contributed by atoms with Crippen molar-refractivity contribution in [2.75, 3.05) is 31.8 Å². The highest BCUT2D eigenvalue weighted by Crippen LogP contribution is 2.33. The summed E-state index contributed by atoms with van der Waals surface area (Å²) in [6.45, 7) is 0.318. The zero-order chi connectivity index (χ0) is 22.0. The van der Waals surface area contributed by atoms with Crippen LogP contribution >= 0.6 is 0 Å². The minimum absolute atomic E-state index is 0.0912. The summed E-state index contributed by atoms with van der Waals surface area (Å²) in [6, 6.07) is 12.0. The smallest absolute Gasteiger partial charge is 0.416 e. The first kappa shape index (κ1) is 20.9. The van der Waals surface area contributed by atoms with Gasteiger partial charge >= 0.3 is 6.18 Å². The summed E-state index contributed by atoms with van der Waals surface area (Å²) < 4.78 is 55.4. The zero-order valence-electron chi connectivity index (χ0n) is 16.6. The Morgan fingerprint density at radius 2 is 1.94 bits per heavy atom. The number of amides is 1. The average Bonchev–Trinajstić information content (AvgIpc) is 2.77. The minimum atomic E-state index is -4.44.